The maximum absolute atomic E-state index is 12.8. The number of hydrogen-bond acceptors (Lipinski definition) is 4. The number of rotatable bonds is 7. The van der Waals surface area contributed by atoms with Gasteiger partial charge in [-0.15, -0.1) is 0 Å². The van der Waals surface area contributed by atoms with Crippen LogP contribution < -0.4 is 9.46 Å². The second-order valence-electron chi connectivity index (χ2n) is 9.45. The van der Waals surface area contributed by atoms with Gasteiger partial charge in [0.25, 0.3) is 0 Å². The number of halogens is 3. The van der Waals surface area contributed by atoms with Gasteiger partial charge in [0.1, 0.15) is 11.3 Å². The number of ether oxygens (including phenoxy) is 2. The fourth-order valence-corrected chi connectivity index (χ4v) is 4.48. The fraction of sp³-hybridized carbons (Fsp3) is 0.400. The van der Waals surface area contributed by atoms with E-state index in [-0.39, 0.29) is 5.75 Å². The Kier molecular flexibility index (Phi) is 6.82. The summed E-state index contributed by atoms with van der Waals surface area (Å²) in [5, 5.41) is 4.62. The van der Waals surface area contributed by atoms with Crippen molar-refractivity contribution in [3.8, 4) is 22.9 Å². The number of nitrogens with zero attached hydrogens (tertiary/aromatic N) is 2. The van der Waals surface area contributed by atoms with Crippen LogP contribution >= 0.6 is 0 Å². The molecule has 1 N–H and O–H groups in total. The zero-order chi connectivity index (χ0) is 25.4. The Balaban J connectivity index is 1.60. The minimum atomic E-state index is -4.40. The van der Waals surface area contributed by atoms with E-state index in [1.54, 1.807) is 10.7 Å². The molecule has 1 unspecified atom stereocenters. The third-order valence-electron chi connectivity index (χ3n) is 5.70. The van der Waals surface area contributed by atoms with E-state index < -0.39 is 33.0 Å². The van der Waals surface area contributed by atoms with Gasteiger partial charge in [-0.3, -0.25) is 0 Å². The Morgan fingerprint density at radius 1 is 1.11 bits per heavy atom. The largest absolute Gasteiger partial charge is 0.439 e. The topological polar surface area (TPSA) is 65.4 Å². The molecule has 0 saturated carbocycles. The van der Waals surface area contributed by atoms with E-state index in [0.717, 1.165) is 23.3 Å². The number of hydrogen-bond donors (Lipinski definition) is 1. The number of aromatic nitrogens is 2. The van der Waals surface area contributed by atoms with E-state index in [1.807, 2.05) is 52.0 Å². The third kappa shape index (κ3) is 5.44. The maximum Gasteiger partial charge on any atom is 0.416 e. The molecule has 188 valence electrons. The van der Waals surface area contributed by atoms with E-state index in [4.69, 9.17) is 9.47 Å². The quantitative estimate of drug-likeness (QED) is 0.448. The smallest absolute Gasteiger partial charge is 0.416 e. The van der Waals surface area contributed by atoms with Crippen molar-refractivity contribution < 1.29 is 26.9 Å². The van der Waals surface area contributed by atoms with Gasteiger partial charge in [-0.25, -0.2) is 13.6 Å². The molecule has 0 radical (unpaired) electrons. The van der Waals surface area contributed by atoms with Crippen LogP contribution in [0.25, 0.3) is 11.3 Å². The van der Waals surface area contributed by atoms with E-state index in [2.05, 4.69) is 9.82 Å². The zero-order valence-electron chi connectivity index (χ0n) is 20.0. The summed E-state index contributed by atoms with van der Waals surface area (Å²) in [6.45, 7) is 8.97. The first-order chi connectivity index (χ1) is 16.4. The van der Waals surface area contributed by atoms with E-state index >= 15 is 0 Å². The van der Waals surface area contributed by atoms with Crippen molar-refractivity contribution in [1.29, 1.82) is 0 Å². The molecule has 2 heterocycles. The Morgan fingerprint density at radius 3 is 2.34 bits per heavy atom. The highest BCUT2D eigenvalue weighted by Crippen LogP contribution is 2.35. The molecule has 35 heavy (non-hydrogen) atoms. The monoisotopic (exact) mass is 507 g/mol. The number of alkyl halides is 3. The molecule has 6 nitrogen and oxygen atoms in total. The molecule has 0 amide bonds. The van der Waals surface area contributed by atoms with E-state index in [0.29, 0.717) is 31.3 Å². The lowest BCUT2D eigenvalue weighted by molar-refractivity contribution is -0.137. The fourth-order valence-electron chi connectivity index (χ4n) is 3.58. The van der Waals surface area contributed by atoms with Crippen LogP contribution in [-0.4, -0.2) is 32.0 Å². The van der Waals surface area contributed by atoms with Crippen LogP contribution in [0, 0.1) is 0 Å². The summed E-state index contributed by atoms with van der Waals surface area (Å²) >= 11 is 0. The molecule has 0 bridgehead atoms. The molecular formula is C25H28F3N3O3S. The van der Waals surface area contributed by atoms with E-state index in [9.17, 15) is 17.4 Å². The van der Waals surface area contributed by atoms with Gasteiger partial charge in [-0.1, -0.05) is 18.2 Å². The summed E-state index contributed by atoms with van der Waals surface area (Å²) in [4.78, 5) is 0. The standard InChI is InChI=1S/C25H28F3N3O3S/c1-5-31-22(34-20-11-9-18(10-12-20)25(26,27)28)14-21(29-31)17-7-6-8-19(13-17)24(15-33-16-24)30-35(32)23(2,3)4/h6-14,30H,5,15-16H2,1-4H3. The van der Waals surface area contributed by atoms with Crippen molar-refractivity contribution in [2.75, 3.05) is 13.2 Å². The van der Waals surface area contributed by atoms with Gasteiger partial charge in [0.05, 0.1) is 40.2 Å². The molecule has 1 saturated heterocycles. The van der Waals surface area contributed by atoms with Crippen molar-refractivity contribution in [2.45, 2.75) is 50.7 Å². The molecule has 1 aliphatic heterocycles. The first-order valence-electron chi connectivity index (χ1n) is 11.2. The predicted molar refractivity (Wildman–Crippen MR) is 128 cm³/mol. The summed E-state index contributed by atoms with van der Waals surface area (Å²) in [5.41, 5.74) is 1.14. The van der Waals surface area contributed by atoms with Crippen molar-refractivity contribution in [2.24, 2.45) is 0 Å². The first-order valence-corrected chi connectivity index (χ1v) is 12.4. The molecule has 1 aromatic heterocycles. The van der Waals surface area contributed by atoms with Crippen molar-refractivity contribution in [1.82, 2.24) is 14.5 Å². The molecule has 2 aromatic carbocycles. The van der Waals surface area contributed by atoms with Crippen molar-refractivity contribution in [3.63, 3.8) is 0 Å². The second-order valence-corrected chi connectivity index (χ2v) is 11.4. The van der Waals surface area contributed by atoms with Crippen molar-refractivity contribution >= 4 is 11.0 Å². The minimum absolute atomic E-state index is 0.285. The van der Waals surface area contributed by atoms with Crippen LogP contribution in [0.15, 0.2) is 54.6 Å². The van der Waals surface area contributed by atoms with Crippen LogP contribution in [0.1, 0.15) is 38.8 Å². The highest BCUT2D eigenvalue weighted by atomic mass is 32.2. The van der Waals surface area contributed by atoms with E-state index in [1.165, 1.54) is 12.1 Å². The highest BCUT2D eigenvalue weighted by Gasteiger charge is 2.43. The van der Waals surface area contributed by atoms with Crippen LogP contribution in [0.3, 0.4) is 0 Å². The van der Waals surface area contributed by atoms with Crippen LogP contribution in [0.5, 0.6) is 11.6 Å². The molecule has 1 aliphatic rings. The normalized spacial score (nSPS) is 16.5. The van der Waals surface area contributed by atoms with Gasteiger partial charge < -0.3 is 9.47 Å². The average Bonchev–Trinajstić information content (AvgIpc) is 3.18. The lowest BCUT2D eigenvalue weighted by Gasteiger charge is -2.43. The minimum Gasteiger partial charge on any atom is -0.439 e. The molecule has 1 fully saturated rings. The molecule has 3 aromatic rings. The highest BCUT2D eigenvalue weighted by molar-refractivity contribution is 7.84. The lowest BCUT2D eigenvalue weighted by Crippen LogP contribution is -2.59. The van der Waals surface area contributed by atoms with Gasteiger partial charge in [0.2, 0.25) is 5.88 Å². The molecular weight excluding hydrogens is 479 g/mol. The SMILES string of the molecule is CCn1nc(-c2cccc(C3(NS(=O)C(C)(C)C)COC3)c2)cc1Oc1ccc(C(F)(F)F)cc1. The second kappa shape index (κ2) is 9.40. The molecule has 1 atom stereocenters. The number of nitrogens with one attached hydrogen (secondary N) is 1. The van der Waals surface area contributed by atoms with Gasteiger partial charge >= 0.3 is 6.18 Å². The van der Waals surface area contributed by atoms with Gasteiger partial charge in [-0.05, 0) is 63.6 Å². The molecule has 0 aliphatic carbocycles. The molecule has 4 rings (SSSR count). The Hall–Kier alpha value is -2.69. The summed E-state index contributed by atoms with van der Waals surface area (Å²) in [6, 6.07) is 14.1. The third-order valence-corrected chi connectivity index (χ3v) is 7.39. The summed E-state index contributed by atoms with van der Waals surface area (Å²) < 4.78 is 67.1. The Morgan fingerprint density at radius 2 is 1.80 bits per heavy atom. The van der Waals surface area contributed by atoms with Gasteiger partial charge in [0, 0.05) is 18.2 Å². The van der Waals surface area contributed by atoms with Crippen LogP contribution in [-0.2, 0) is 34.0 Å². The zero-order valence-corrected chi connectivity index (χ0v) is 20.8. The summed E-state index contributed by atoms with van der Waals surface area (Å²) in [5.74, 6) is 0.702. The number of benzene rings is 2. The number of aryl methyl sites for hydroxylation is 1. The predicted octanol–water partition coefficient (Wildman–Crippen LogP) is 5.66. The Labute approximate surface area is 205 Å². The summed E-state index contributed by atoms with van der Waals surface area (Å²) in [6.07, 6.45) is -4.40. The van der Waals surface area contributed by atoms with Crippen LogP contribution in [0.4, 0.5) is 13.2 Å². The Bertz CT molecular complexity index is 1210. The van der Waals surface area contributed by atoms with Gasteiger partial charge in [0.15, 0.2) is 0 Å². The molecule has 0 spiro atoms. The summed E-state index contributed by atoms with van der Waals surface area (Å²) in [7, 11) is -1.28. The van der Waals surface area contributed by atoms with Gasteiger partial charge in [-0.2, -0.15) is 18.3 Å². The van der Waals surface area contributed by atoms with Crippen molar-refractivity contribution in [3.05, 3.63) is 65.7 Å². The first kappa shape index (κ1) is 25.4. The lowest BCUT2D eigenvalue weighted by atomic mass is 9.88. The average molecular weight is 508 g/mol. The maximum atomic E-state index is 12.8. The molecule has 10 heteroatoms. The van der Waals surface area contributed by atoms with Crippen LogP contribution in [0.2, 0.25) is 0 Å².